The van der Waals surface area contributed by atoms with Crippen LogP contribution in [0.2, 0.25) is 0 Å². The SMILES string of the molecule is CC[C@@H](C(=O)N1CCN(c2ccc(OC)cc2)CC1)N(c1cccc(C)c1)S(C)(=O)=O. The van der Waals surface area contributed by atoms with Gasteiger partial charge in [0.15, 0.2) is 0 Å². The Morgan fingerprint density at radius 2 is 1.74 bits per heavy atom. The van der Waals surface area contributed by atoms with Crippen molar-refractivity contribution in [3.63, 3.8) is 0 Å². The molecular formula is C23H31N3O4S. The molecular weight excluding hydrogens is 414 g/mol. The van der Waals surface area contributed by atoms with E-state index >= 15 is 0 Å². The second kappa shape index (κ2) is 9.60. The summed E-state index contributed by atoms with van der Waals surface area (Å²) in [6.07, 6.45) is 1.56. The van der Waals surface area contributed by atoms with Crippen LogP contribution in [0.15, 0.2) is 48.5 Å². The number of carbonyl (C=O) groups excluding carboxylic acids is 1. The molecule has 0 unspecified atom stereocenters. The van der Waals surface area contributed by atoms with Crippen LogP contribution in [0.3, 0.4) is 0 Å². The lowest BCUT2D eigenvalue weighted by Gasteiger charge is -2.39. The van der Waals surface area contributed by atoms with Crippen LogP contribution < -0.4 is 13.9 Å². The van der Waals surface area contributed by atoms with Crippen molar-refractivity contribution in [1.29, 1.82) is 0 Å². The molecule has 1 fully saturated rings. The van der Waals surface area contributed by atoms with E-state index in [0.29, 0.717) is 38.3 Å². The fourth-order valence-electron chi connectivity index (χ4n) is 4.00. The van der Waals surface area contributed by atoms with Gasteiger partial charge in [-0.15, -0.1) is 0 Å². The van der Waals surface area contributed by atoms with Gasteiger partial charge in [0.2, 0.25) is 15.9 Å². The summed E-state index contributed by atoms with van der Waals surface area (Å²) in [6, 6.07) is 14.4. The number of aryl methyl sites for hydroxylation is 1. The molecule has 0 radical (unpaired) electrons. The second-order valence-corrected chi connectivity index (χ2v) is 9.69. The van der Waals surface area contributed by atoms with E-state index in [1.807, 2.05) is 50.2 Å². The first-order chi connectivity index (χ1) is 14.7. The number of nitrogens with zero attached hydrogens (tertiary/aromatic N) is 3. The third-order valence-electron chi connectivity index (χ3n) is 5.60. The lowest BCUT2D eigenvalue weighted by molar-refractivity contribution is -0.132. The Labute approximate surface area is 185 Å². The number of piperazine rings is 1. The predicted molar refractivity (Wildman–Crippen MR) is 124 cm³/mol. The van der Waals surface area contributed by atoms with Gasteiger partial charge in [-0.2, -0.15) is 0 Å². The van der Waals surface area contributed by atoms with Gasteiger partial charge in [0.25, 0.3) is 0 Å². The Hall–Kier alpha value is -2.74. The van der Waals surface area contributed by atoms with E-state index in [4.69, 9.17) is 4.74 Å². The van der Waals surface area contributed by atoms with Crippen molar-refractivity contribution in [3.8, 4) is 5.75 Å². The molecule has 1 aliphatic rings. The van der Waals surface area contributed by atoms with Gasteiger partial charge in [0.1, 0.15) is 11.8 Å². The van der Waals surface area contributed by atoms with Gasteiger partial charge in [0, 0.05) is 31.9 Å². The molecule has 31 heavy (non-hydrogen) atoms. The van der Waals surface area contributed by atoms with Gasteiger partial charge in [0.05, 0.1) is 19.1 Å². The summed E-state index contributed by atoms with van der Waals surface area (Å²) in [5, 5.41) is 0. The number of rotatable bonds is 7. The van der Waals surface area contributed by atoms with Crippen LogP contribution >= 0.6 is 0 Å². The van der Waals surface area contributed by atoms with Crippen molar-refractivity contribution in [2.75, 3.05) is 48.7 Å². The quantitative estimate of drug-likeness (QED) is 0.655. The minimum absolute atomic E-state index is 0.149. The molecule has 2 aromatic carbocycles. The number of anilines is 2. The zero-order valence-electron chi connectivity index (χ0n) is 18.6. The maximum atomic E-state index is 13.4. The number of hydrogen-bond acceptors (Lipinski definition) is 5. The average Bonchev–Trinajstić information content (AvgIpc) is 2.76. The molecule has 0 N–H and O–H groups in total. The van der Waals surface area contributed by atoms with E-state index in [9.17, 15) is 13.2 Å². The summed E-state index contributed by atoms with van der Waals surface area (Å²) in [5.74, 6) is 0.657. The highest BCUT2D eigenvalue weighted by Gasteiger charge is 2.35. The second-order valence-electron chi connectivity index (χ2n) is 7.83. The smallest absolute Gasteiger partial charge is 0.246 e. The first-order valence-electron chi connectivity index (χ1n) is 10.5. The van der Waals surface area contributed by atoms with E-state index < -0.39 is 16.1 Å². The largest absolute Gasteiger partial charge is 0.497 e. The highest BCUT2D eigenvalue weighted by atomic mass is 32.2. The average molecular weight is 446 g/mol. The lowest BCUT2D eigenvalue weighted by atomic mass is 10.1. The molecule has 3 rings (SSSR count). The predicted octanol–water partition coefficient (Wildman–Crippen LogP) is 2.90. The zero-order chi connectivity index (χ0) is 22.6. The molecule has 0 saturated carbocycles. The molecule has 0 bridgehead atoms. The monoisotopic (exact) mass is 445 g/mol. The number of methoxy groups -OCH3 is 1. The summed E-state index contributed by atoms with van der Waals surface area (Å²) in [7, 11) is -1.99. The Kier molecular flexibility index (Phi) is 7.10. The van der Waals surface area contributed by atoms with Crippen LogP contribution in [0.25, 0.3) is 0 Å². The maximum Gasteiger partial charge on any atom is 0.246 e. The van der Waals surface area contributed by atoms with Crippen molar-refractivity contribution < 1.29 is 17.9 Å². The number of amides is 1. The van der Waals surface area contributed by atoms with E-state index in [2.05, 4.69) is 4.90 Å². The first kappa shape index (κ1) is 22.9. The van der Waals surface area contributed by atoms with Crippen molar-refractivity contribution in [2.24, 2.45) is 0 Å². The van der Waals surface area contributed by atoms with Gasteiger partial charge < -0.3 is 14.5 Å². The molecule has 0 aromatic heterocycles. The lowest BCUT2D eigenvalue weighted by Crippen LogP contribution is -2.56. The van der Waals surface area contributed by atoms with Gasteiger partial charge in [-0.3, -0.25) is 9.10 Å². The summed E-state index contributed by atoms with van der Waals surface area (Å²) in [6.45, 7) is 6.24. The molecule has 0 spiro atoms. The summed E-state index contributed by atoms with van der Waals surface area (Å²) in [5.41, 5.74) is 2.55. The first-order valence-corrected chi connectivity index (χ1v) is 12.3. The standard InChI is InChI=1S/C23H31N3O4S/c1-5-22(26(31(4,28)29)20-8-6-7-18(2)17-20)23(27)25-15-13-24(14-16-25)19-9-11-21(30-3)12-10-19/h6-12,17,22H,5,13-16H2,1-4H3/t22-/m0/s1. The van der Waals surface area contributed by atoms with Crippen molar-refractivity contribution in [1.82, 2.24) is 4.90 Å². The van der Waals surface area contributed by atoms with Crippen LogP contribution in [0, 0.1) is 6.92 Å². The molecule has 8 heteroatoms. The molecule has 168 valence electrons. The number of benzene rings is 2. The molecule has 1 saturated heterocycles. The summed E-state index contributed by atoms with van der Waals surface area (Å²) < 4.78 is 31.8. The highest BCUT2D eigenvalue weighted by Crippen LogP contribution is 2.26. The topological polar surface area (TPSA) is 70.2 Å². The van der Waals surface area contributed by atoms with Crippen LogP contribution in [-0.2, 0) is 14.8 Å². The van der Waals surface area contributed by atoms with Crippen LogP contribution in [0.4, 0.5) is 11.4 Å². The summed E-state index contributed by atoms with van der Waals surface area (Å²) in [4.78, 5) is 17.4. The number of carbonyl (C=O) groups is 1. The highest BCUT2D eigenvalue weighted by molar-refractivity contribution is 7.92. The van der Waals surface area contributed by atoms with E-state index in [1.54, 1.807) is 24.1 Å². The van der Waals surface area contributed by atoms with Crippen molar-refractivity contribution >= 4 is 27.3 Å². The number of ether oxygens (including phenoxy) is 1. The van der Waals surface area contributed by atoms with Crippen molar-refractivity contribution in [2.45, 2.75) is 26.3 Å². The number of hydrogen-bond donors (Lipinski definition) is 0. The third-order valence-corrected chi connectivity index (χ3v) is 6.78. The Morgan fingerprint density at radius 3 is 2.26 bits per heavy atom. The molecule has 1 atom stereocenters. The zero-order valence-corrected chi connectivity index (χ0v) is 19.4. The number of sulfonamides is 1. The van der Waals surface area contributed by atoms with Crippen LogP contribution in [-0.4, -0.2) is 64.8 Å². The normalized spacial score (nSPS) is 15.5. The van der Waals surface area contributed by atoms with Crippen LogP contribution in [0.5, 0.6) is 5.75 Å². The van der Waals surface area contributed by atoms with Gasteiger partial charge in [-0.05, 0) is 55.3 Å². The molecule has 0 aliphatic carbocycles. The van der Waals surface area contributed by atoms with E-state index in [-0.39, 0.29) is 5.91 Å². The van der Waals surface area contributed by atoms with E-state index in [0.717, 1.165) is 23.3 Å². The Bertz CT molecular complexity index is 1000. The summed E-state index contributed by atoms with van der Waals surface area (Å²) >= 11 is 0. The Morgan fingerprint density at radius 1 is 1.10 bits per heavy atom. The van der Waals surface area contributed by atoms with Gasteiger partial charge in [-0.1, -0.05) is 19.1 Å². The van der Waals surface area contributed by atoms with Gasteiger partial charge >= 0.3 is 0 Å². The molecule has 2 aromatic rings. The van der Waals surface area contributed by atoms with Gasteiger partial charge in [-0.25, -0.2) is 8.42 Å². The molecule has 7 nitrogen and oxygen atoms in total. The third kappa shape index (κ3) is 5.31. The fraction of sp³-hybridized carbons (Fsp3) is 0.435. The Balaban J connectivity index is 1.75. The fourth-order valence-corrected chi connectivity index (χ4v) is 5.20. The molecule has 1 heterocycles. The molecule has 1 aliphatic heterocycles. The minimum atomic E-state index is -3.63. The van der Waals surface area contributed by atoms with E-state index in [1.165, 1.54) is 4.31 Å². The maximum absolute atomic E-state index is 13.4. The van der Waals surface area contributed by atoms with Crippen LogP contribution in [0.1, 0.15) is 18.9 Å². The van der Waals surface area contributed by atoms with Crippen molar-refractivity contribution in [3.05, 3.63) is 54.1 Å². The molecule has 1 amide bonds. The minimum Gasteiger partial charge on any atom is -0.497 e.